The average Bonchev–Trinajstić information content (AvgIpc) is 2.40. The van der Waals surface area contributed by atoms with Gasteiger partial charge in [0.25, 0.3) is 0 Å². The molecule has 1 aromatic carbocycles. The van der Waals surface area contributed by atoms with Crippen LogP contribution in [0.3, 0.4) is 0 Å². The first-order chi connectivity index (χ1) is 8.79. The summed E-state index contributed by atoms with van der Waals surface area (Å²) < 4.78 is 0. The minimum atomic E-state index is 0.486. The molecule has 1 aliphatic carbocycles. The highest BCUT2D eigenvalue weighted by molar-refractivity contribution is 5.25. The van der Waals surface area contributed by atoms with Crippen LogP contribution in [0.4, 0.5) is 0 Å². The zero-order valence-electron chi connectivity index (χ0n) is 11.7. The summed E-state index contributed by atoms with van der Waals surface area (Å²) in [5, 5.41) is 3.62. The van der Waals surface area contributed by atoms with Crippen molar-refractivity contribution in [2.75, 3.05) is 6.54 Å². The van der Waals surface area contributed by atoms with E-state index >= 15 is 0 Å². The van der Waals surface area contributed by atoms with Gasteiger partial charge in [0.05, 0.1) is 0 Å². The van der Waals surface area contributed by atoms with Crippen LogP contribution in [-0.2, 0) is 0 Å². The van der Waals surface area contributed by atoms with Gasteiger partial charge < -0.3 is 5.32 Å². The predicted molar refractivity (Wildman–Crippen MR) is 78.8 cm³/mol. The SMILES string of the molecule is CCNC(CC1=CCCCC1)c1ccc(C)cc1. The lowest BCUT2D eigenvalue weighted by Gasteiger charge is -2.22. The molecule has 0 radical (unpaired) electrons. The fraction of sp³-hybridized carbons (Fsp3) is 0.529. The quantitative estimate of drug-likeness (QED) is 0.749. The minimum Gasteiger partial charge on any atom is -0.310 e. The standard InChI is InChI=1S/C17H25N/c1-3-18-17(13-15-7-5-4-6-8-15)16-11-9-14(2)10-12-16/h7,9-12,17-18H,3-6,8,13H2,1-2H3. The van der Waals surface area contributed by atoms with Crippen LogP contribution in [0.2, 0.25) is 0 Å². The van der Waals surface area contributed by atoms with Crippen molar-refractivity contribution in [1.82, 2.24) is 5.32 Å². The molecule has 1 heteroatoms. The van der Waals surface area contributed by atoms with E-state index in [2.05, 4.69) is 49.5 Å². The molecule has 1 N–H and O–H groups in total. The molecule has 0 aliphatic heterocycles. The maximum absolute atomic E-state index is 3.62. The monoisotopic (exact) mass is 243 g/mol. The average molecular weight is 243 g/mol. The van der Waals surface area contributed by atoms with Gasteiger partial charge in [-0.05, 0) is 51.1 Å². The maximum atomic E-state index is 3.62. The van der Waals surface area contributed by atoms with Crippen LogP contribution in [0.15, 0.2) is 35.9 Å². The first-order valence-electron chi connectivity index (χ1n) is 7.27. The van der Waals surface area contributed by atoms with Gasteiger partial charge in [-0.2, -0.15) is 0 Å². The van der Waals surface area contributed by atoms with Gasteiger partial charge in [-0.3, -0.25) is 0 Å². The van der Waals surface area contributed by atoms with Crippen molar-refractivity contribution >= 4 is 0 Å². The summed E-state index contributed by atoms with van der Waals surface area (Å²) in [6.45, 7) is 5.37. The zero-order chi connectivity index (χ0) is 12.8. The van der Waals surface area contributed by atoms with Crippen molar-refractivity contribution < 1.29 is 0 Å². The van der Waals surface area contributed by atoms with Gasteiger partial charge in [0, 0.05) is 6.04 Å². The van der Waals surface area contributed by atoms with E-state index in [0.29, 0.717) is 6.04 Å². The van der Waals surface area contributed by atoms with Crippen LogP contribution in [0.25, 0.3) is 0 Å². The van der Waals surface area contributed by atoms with Crippen LogP contribution in [-0.4, -0.2) is 6.54 Å². The largest absolute Gasteiger partial charge is 0.310 e. The number of rotatable bonds is 5. The lowest BCUT2D eigenvalue weighted by atomic mass is 9.91. The Morgan fingerprint density at radius 1 is 1.17 bits per heavy atom. The molecule has 1 atom stereocenters. The van der Waals surface area contributed by atoms with Crippen LogP contribution in [0.5, 0.6) is 0 Å². The molecule has 0 fully saturated rings. The lowest BCUT2D eigenvalue weighted by Crippen LogP contribution is -2.21. The van der Waals surface area contributed by atoms with Crippen LogP contribution < -0.4 is 5.32 Å². The number of hydrogen-bond acceptors (Lipinski definition) is 1. The minimum absolute atomic E-state index is 0.486. The number of allylic oxidation sites excluding steroid dienone is 1. The van der Waals surface area contributed by atoms with Gasteiger partial charge >= 0.3 is 0 Å². The molecule has 0 saturated heterocycles. The molecule has 2 rings (SSSR count). The van der Waals surface area contributed by atoms with Crippen molar-refractivity contribution in [1.29, 1.82) is 0 Å². The van der Waals surface area contributed by atoms with Crippen molar-refractivity contribution in [3.05, 3.63) is 47.0 Å². The maximum Gasteiger partial charge on any atom is 0.0357 e. The summed E-state index contributed by atoms with van der Waals surface area (Å²) in [4.78, 5) is 0. The lowest BCUT2D eigenvalue weighted by molar-refractivity contribution is 0.527. The van der Waals surface area contributed by atoms with E-state index in [1.165, 1.54) is 43.2 Å². The fourth-order valence-electron chi connectivity index (χ4n) is 2.71. The first-order valence-corrected chi connectivity index (χ1v) is 7.27. The molecular formula is C17H25N. The highest BCUT2D eigenvalue weighted by Crippen LogP contribution is 2.27. The smallest absolute Gasteiger partial charge is 0.0357 e. The third-order valence-corrected chi connectivity index (χ3v) is 3.78. The summed E-state index contributed by atoms with van der Waals surface area (Å²) in [6, 6.07) is 9.46. The number of nitrogens with one attached hydrogen (secondary N) is 1. The molecule has 1 nitrogen and oxygen atoms in total. The second kappa shape index (κ2) is 6.75. The van der Waals surface area contributed by atoms with Gasteiger partial charge in [-0.15, -0.1) is 0 Å². The van der Waals surface area contributed by atoms with Gasteiger partial charge in [0.15, 0.2) is 0 Å². The number of benzene rings is 1. The predicted octanol–water partition coefficient (Wildman–Crippen LogP) is 4.54. The van der Waals surface area contributed by atoms with Crippen molar-refractivity contribution in [2.24, 2.45) is 0 Å². The van der Waals surface area contributed by atoms with E-state index in [1.807, 2.05) is 0 Å². The highest BCUT2D eigenvalue weighted by atomic mass is 14.9. The third-order valence-electron chi connectivity index (χ3n) is 3.78. The van der Waals surface area contributed by atoms with E-state index in [1.54, 1.807) is 5.57 Å². The number of aryl methyl sites for hydroxylation is 1. The Labute approximate surface area is 111 Å². The molecule has 0 bridgehead atoms. The van der Waals surface area contributed by atoms with Gasteiger partial charge in [0.1, 0.15) is 0 Å². The Morgan fingerprint density at radius 2 is 1.94 bits per heavy atom. The molecule has 1 aliphatic rings. The topological polar surface area (TPSA) is 12.0 Å². The molecule has 1 unspecified atom stereocenters. The summed E-state index contributed by atoms with van der Waals surface area (Å²) in [6.07, 6.45) is 8.97. The Bertz CT molecular complexity index is 389. The van der Waals surface area contributed by atoms with Gasteiger partial charge in [0.2, 0.25) is 0 Å². The van der Waals surface area contributed by atoms with Crippen molar-refractivity contribution in [3.63, 3.8) is 0 Å². The molecular weight excluding hydrogens is 218 g/mol. The summed E-state index contributed by atoms with van der Waals surface area (Å²) in [7, 11) is 0. The summed E-state index contributed by atoms with van der Waals surface area (Å²) >= 11 is 0. The number of hydrogen-bond donors (Lipinski definition) is 1. The Kier molecular flexibility index (Phi) is 5.00. The molecule has 0 spiro atoms. The Morgan fingerprint density at radius 3 is 2.56 bits per heavy atom. The second-order valence-corrected chi connectivity index (χ2v) is 5.33. The summed E-state index contributed by atoms with van der Waals surface area (Å²) in [5.41, 5.74) is 4.41. The third kappa shape index (κ3) is 3.71. The van der Waals surface area contributed by atoms with Gasteiger partial charge in [-0.25, -0.2) is 0 Å². The molecule has 18 heavy (non-hydrogen) atoms. The Hall–Kier alpha value is -1.08. The van der Waals surface area contributed by atoms with Crippen LogP contribution >= 0.6 is 0 Å². The Balaban J connectivity index is 2.07. The first kappa shape index (κ1) is 13.4. The zero-order valence-corrected chi connectivity index (χ0v) is 11.7. The van der Waals surface area contributed by atoms with E-state index in [-0.39, 0.29) is 0 Å². The van der Waals surface area contributed by atoms with E-state index in [0.717, 1.165) is 6.54 Å². The van der Waals surface area contributed by atoms with Crippen LogP contribution in [0, 0.1) is 6.92 Å². The molecule has 0 saturated carbocycles. The molecule has 0 aromatic heterocycles. The molecule has 0 amide bonds. The van der Waals surface area contributed by atoms with Gasteiger partial charge in [-0.1, -0.05) is 48.4 Å². The van der Waals surface area contributed by atoms with E-state index < -0.39 is 0 Å². The van der Waals surface area contributed by atoms with E-state index in [4.69, 9.17) is 0 Å². The van der Waals surface area contributed by atoms with E-state index in [9.17, 15) is 0 Å². The van der Waals surface area contributed by atoms with Crippen LogP contribution in [0.1, 0.15) is 56.2 Å². The van der Waals surface area contributed by atoms with Crippen molar-refractivity contribution in [3.8, 4) is 0 Å². The molecule has 1 aromatic rings. The molecule has 98 valence electrons. The summed E-state index contributed by atoms with van der Waals surface area (Å²) in [5.74, 6) is 0. The van der Waals surface area contributed by atoms with Crippen molar-refractivity contribution in [2.45, 2.75) is 52.0 Å². The highest BCUT2D eigenvalue weighted by Gasteiger charge is 2.13. The second-order valence-electron chi connectivity index (χ2n) is 5.33. The fourth-order valence-corrected chi connectivity index (χ4v) is 2.71. The normalized spacial score (nSPS) is 17.3. The molecule has 0 heterocycles.